The summed E-state index contributed by atoms with van der Waals surface area (Å²) in [6, 6.07) is 4.96. The molecule has 5 nitrogen and oxygen atoms in total. The second-order valence-electron chi connectivity index (χ2n) is 7.28. The molecule has 0 amide bonds. The molecule has 1 fully saturated rings. The largest absolute Gasteiger partial charge is 0.379 e. The number of rotatable bonds is 9. The fourth-order valence-electron chi connectivity index (χ4n) is 3.14. The first-order valence-corrected chi connectivity index (χ1v) is 10.4. The number of thiophene rings is 1. The van der Waals surface area contributed by atoms with Gasteiger partial charge in [-0.05, 0) is 30.7 Å². The van der Waals surface area contributed by atoms with Crippen molar-refractivity contribution in [2.45, 2.75) is 52.1 Å². The third-order valence-electron chi connectivity index (χ3n) is 4.61. The maximum absolute atomic E-state index is 6.14. The number of halogens is 1. The fourth-order valence-corrected chi connectivity index (χ4v) is 3.99. The third-order valence-corrected chi connectivity index (χ3v) is 5.58. The Bertz CT molecular complexity index is 504. The Labute approximate surface area is 179 Å². The average molecular weight is 494 g/mol. The Kier molecular flexibility index (Phi) is 11.7. The molecular weight excluding hydrogens is 459 g/mol. The molecule has 0 aromatic carbocycles. The van der Waals surface area contributed by atoms with Crippen LogP contribution in [0.1, 0.15) is 51.0 Å². The normalized spacial score (nSPS) is 18.4. The predicted molar refractivity (Wildman–Crippen MR) is 123 cm³/mol. The van der Waals surface area contributed by atoms with Gasteiger partial charge in [0.2, 0.25) is 0 Å². The van der Waals surface area contributed by atoms with Gasteiger partial charge in [0, 0.05) is 24.0 Å². The first kappa shape index (κ1) is 23.7. The summed E-state index contributed by atoms with van der Waals surface area (Å²) in [5, 5.41) is 5.47. The van der Waals surface area contributed by atoms with E-state index in [1.807, 2.05) is 0 Å². The quantitative estimate of drug-likeness (QED) is 0.311. The lowest BCUT2D eigenvalue weighted by Gasteiger charge is -2.33. The van der Waals surface area contributed by atoms with E-state index in [0.29, 0.717) is 24.6 Å². The Hall–Kier alpha value is -0.380. The van der Waals surface area contributed by atoms with E-state index >= 15 is 0 Å². The van der Waals surface area contributed by atoms with E-state index < -0.39 is 0 Å². The monoisotopic (exact) mass is 494 g/mol. The van der Waals surface area contributed by atoms with Gasteiger partial charge >= 0.3 is 0 Å². The Balaban J connectivity index is 0.00000338. The summed E-state index contributed by atoms with van der Waals surface area (Å²) in [6.45, 7) is 10.9. The van der Waals surface area contributed by atoms with Crippen LogP contribution in [0.25, 0.3) is 0 Å². The smallest absolute Gasteiger partial charge is 0.188 e. The number of nitrogens with one attached hydrogen (secondary N) is 1. The minimum absolute atomic E-state index is 0. The van der Waals surface area contributed by atoms with Gasteiger partial charge in [0.1, 0.15) is 0 Å². The molecule has 3 N–H and O–H groups in total. The molecule has 2 rings (SSSR count). The summed E-state index contributed by atoms with van der Waals surface area (Å²) in [7, 11) is 0. The maximum atomic E-state index is 6.14. The number of hydrogen-bond donors (Lipinski definition) is 2. The van der Waals surface area contributed by atoms with Gasteiger partial charge in [0.05, 0.1) is 25.8 Å². The highest BCUT2D eigenvalue weighted by Crippen LogP contribution is 2.26. The van der Waals surface area contributed by atoms with E-state index in [2.05, 4.69) is 53.5 Å². The number of nitrogens with two attached hydrogens (primary N) is 1. The van der Waals surface area contributed by atoms with Gasteiger partial charge < -0.3 is 15.8 Å². The fraction of sp³-hybridized carbons (Fsp3) is 0.737. The van der Waals surface area contributed by atoms with E-state index in [1.54, 1.807) is 11.3 Å². The van der Waals surface area contributed by atoms with Crippen LogP contribution in [0.3, 0.4) is 0 Å². The zero-order chi connectivity index (χ0) is 18.1. The van der Waals surface area contributed by atoms with Crippen LogP contribution in [-0.2, 0) is 4.74 Å². The molecule has 1 aromatic heterocycles. The van der Waals surface area contributed by atoms with Gasteiger partial charge in [0.25, 0.3) is 0 Å². The number of nitrogens with zero attached hydrogens (tertiary/aromatic N) is 2. The summed E-state index contributed by atoms with van der Waals surface area (Å²) in [5.74, 6) is 1.32. The van der Waals surface area contributed by atoms with Crippen molar-refractivity contribution in [3.8, 4) is 0 Å². The van der Waals surface area contributed by atoms with Crippen LogP contribution >= 0.6 is 35.3 Å². The van der Waals surface area contributed by atoms with Crippen LogP contribution in [0.4, 0.5) is 0 Å². The average Bonchev–Trinajstić information content (AvgIpc) is 3.10. The Morgan fingerprint density at radius 1 is 1.31 bits per heavy atom. The molecule has 0 spiro atoms. The molecule has 26 heavy (non-hydrogen) atoms. The molecule has 2 atom stereocenters. The minimum atomic E-state index is 0. The van der Waals surface area contributed by atoms with E-state index in [0.717, 1.165) is 38.6 Å². The highest BCUT2D eigenvalue weighted by molar-refractivity contribution is 14.0. The molecule has 1 aliphatic heterocycles. The third kappa shape index (κ3) is 8.54. The lowest BCUT2D eigenvalue weighted by atomic mass is 10.0. The number of hydrogen-bond acceptors (Lipinski definition) is 4. The van der Waals surface area contributed by atoms with Crippen LogP contribution in [0.15, 0.2) is 22.5 Å². The van der Waals surface area contributed by atoms with Crippen LogP contribution in [-0.4, -0.2) is 49.7 Å². The molecule has 0 bridgehead atoms. The van der Waals surface area contributed by atoms with Crippen molar-refractivity contribution in [1.29, 1.82) is 0 Å². The van der Waals surface area contributed by atoms with Crippen molar-refractivity contribution in [3.05, 3.63) is 22.4 Å². The summed E-state index contributed by atoms with van der Waals surface area (Å²) in [6.07, 6.45) is 3.62. The number of ether oxygens (including phenoxy) is 1. The molecule has 150 valence electrons. The molecule has 2 heterocycles. The molecule has 0 radical (unpaired) electrons. The van der Waals surface area contributed by atoms with E-state index in [4.69, 9.17) is 10.5 Å². The second kappa shape index (κ2) is 12.9. The van der Waals surface area contributed by atoms with E-state index in [-0.39, 0.29) is 24.0 Å². The highest BCUT2D eigenvalue weighted by Gasteiger charge is 2.23. The Morgan fingerprint density at radius 3 is 2.65 bits per heavy atom. The number of morpholine rings is 1. The van der Waals surface area contributed by atoms with Crippen LogP contribution < -0.4 is 11.1 Å². The number of aliphatic imine (C=N–C) groups is 1. The predicted octanol–water partition coefficient (Wildman–Crippen LogP) is 3.86. The van der Waals surface area contributed by atoms with Crippen molar-refractivity contribution in [2.75, 3.05) is 32.8 Å². The van der Waals surface area contributed by atoms with E-state index in [9.17, 15) is 0 Å². The molecule has 1 aromatic rings. The van der Waals surface area contributed by atoms with Gasteiger partial charge in [-0.2, -0.15) is 0 Å². The van der Waals surface area contributed by atoms with Crippen molar-refractivity contribution >= 4 is 41.3 Å². The standard InChI is InChI=1S/C19H34N4OS.HI/c1-15(2)6-4-7-16(3)22-19(20)21-14-17(18-8-5-13-25-18)23-9-11-24-12-10-23;/h5,8,13,15-17H,4,6-7,9-12,14H2,1-3H3,(H3,20,21,22);1H. The molecular formula is C19H35IN4OS. The van der Waals surface area contributed by atoms with Crippen molar-refractivity contribution in [3.63, 3.8) is 0 Å². The van der Waals surface area contributed by atoms with Crippen molar-refractivity contribution < 1.29 is 4.74 Å². The summed E-state index contributed by atoms with van der Waals surface area (Å²) in [5.41, 5.74) is 6.14. The number of guanidine groups is 1. The van der Waals surface area contributed by atoms with Crippen molar-refractivity contribution in [1.82, 2.24) is 10.2 Å². The second-order valence-corrected chi connectivity index (χ2v) is 8.25. The summed E-state index contributed by atoms with van der Waals surface area (Å²) in [4.78, 5) is 8.45. The maximum Gasteiger partial charge on any atom is 0.188 e. The molecule has 1 aliphatic rings. The zero-order valence-corrected chi connectivity index (χ0v) is 19.5. The van der Waals surface area contributed by atoms with Gasteiger partial charge in [-0.1, -0.05) is 32.8 Å². The summed E-state index contributed by atoms with van der Waals surface area (Å²) < 4.78 is 5.49. The molecule has 2 unspecified atom stereocenters. The molecule has 1 saturated heterocycles. The summed E-state index contributed by atoms with van der Waals surface area (Å²) >= 11 is 1.79. The zero-order valence-electron chi connectivity index (χ0n) is 16.3. The molecule has 0 aliphatic carbocycles. The van der Waals surface area contributed by atoms with Gasteiger partial charge in [-0.3, -0.25) is 9.89 Å². The van der Waals surface area contributed by atoms with E-state index in [1.165, 1.54) is 17.7 Å². The Morgan fingerprint density at radius 2 is 2.04 bits per heavy atom. The van der Waals surface area contributed by atoms with Crippen molar-refractivity contribution in [2.24, 2.45) is 16.6 Å². The topological polar surface area (TPSA) is 62.9 Å². The highest BCUT2D eigenvalue weighted by atomic mass is 127. The van der Waals surface area contributed by atoms with Crippen LogP contribution in [0, 0.1) is 5.92 Å². The van der Waals surface area contributed by atoms with Gasteiger partial charge in [-0.15, -0.1) is 35.3 Å². The molecule has 0 saturated carbocycles. The molecule has 7 heteroatoms. The van der Waals surface area contributed by atoms with Gasteiger partial charge in [-0.25, -0.2) is 0 Å². The first-order valence-electron chi connectivity index (χ1n) is 9.48. The lowest BCUT2D eigenvalue weighted by molar-refractivity contribution is 0.0187. The van der Waals surface area contributed by atoms with Gasteiger partial charge in [0.15, 0.2) is 5.96 Å². The van der Waals surface area contributed by atoms with Crippen LogP contribution in [0.5, 0.6) is 0 Å². The first-order chi connectivity index (χ1) is 12.1. The minimum Gasteiger partial charge on any atom is -0.379 e. The lowest BCUT2D eigenvalue weighted by Crippen LogP contribution is -2.41. The van der Waals surface area contributed by atoms with Crippen LogP contribution in [0.2, 0.25) is 0 Å². The SMILES string of the molecule is CC(C)CCCC(C)NC(N)=NCC(c1cccs1)N1CCOCC1.I.